The number of thiazole rings is 1. The number of amides is 4. The zero-order valence-electron chi connectivity index (χ0n) is 15.7. The number of fused-ring (bicyclic) bond motifs is 3. The molecule has 2 aromatic carbocycles. The summed E-state index contributed by atoms with van der Waals surface area (Å²) >= 11 is 1.39. The van der Waals surface area contributed by atoms with Gasteiger partial charge in [-0.1, -0.05) is 47.7 Å². The number of carbonyl (C=O) groups is 3. The van der Waals surface area contributed by atoms with Crippen molar-refractivity contribution in [3.63, 3.8) is 0 Å². The SMILES string of the molecule is Cn1c(=NC(=O)CN2C(=O)NC3(CCc4ccccc43)C2=O)sc2ccccc21. The molecule has 7 nitrogen and oxygen atoms in total. The van der Waals surface area contributed by atoms with E-state index in [-0.39, 0.29) is 12.5 Å². The average Bonchev–Trinajstić information content (AvgIpc) is 3.32. The fraction of sp³-hybridized carbons (Fsp3) is 0.238. The van der Waals surface area contributed by atoms with Crippen molar-refractivity contribution in [2.75, 3.05) is 6.54 Å². The molecule has 1 fully saturated rings. The summed E-state index contributed by atoms with van der Waals surface area (Å²) in [6.07, 6.45) is 1.22. The third-order valence-electron chi connectivity index (χ3n) is 5.65. The zero-order valence-corrected chi connectivity index (χ0v) is 16.5. The molecule has 3 aromatic rings. The van der Waals surface area contributed by atoms with Crippen LogP contribution in [0.4, 0.5) is 4.79 Å². The first-order valence-electron chi connectivity index (χ1n) is 9.34. The van der Waals surface area contributed by atoms with E-state index in [1.54, 1.807) is 0 Å². The third kappa shape index (κ3) is 2.63. The van der Waals surface area contributed by atoms with Gasteiger partial charge in [-0.3, -0.25) is 14.5 Å². The molecule has 29 heavy (non-hydrogen) atoms. The minimum absolute atomic E-state index is 0.372. The van der Waals surface area contributed by atoms with E-state index in [0.29, 0.717) is 17.6 Å². The Kier molecular flexibility index (Phi) is 3.92. The number of urea groups is 1. The Morgan fingerprint density at radius 1 is 1.17 bits per heavy atom. The molecule has 1 unspecified atom stereocenters. The van der Waals surface area contributed by atoms with Crippen LogP contribution in [0.1, 0.15) is 17.5 Å². The van der Waals surface area contributed by atoms with Crippen molar-refractivity contribution in [3.05, 3.63) is 64.5 Å². The van der Waals surface area contributed by atoms with E-state index >= 15 is 0 Å². The number of imide groups is 1. The lowest BCUT2D eigenvalue weighted by atomic mass is 9.92. The Balaban J connectivity index is 1.44. The summed E-state index contributed by atoms with van der Waals surface area (Å²) < 4.78 is 2.84. The molecule has 8 heteroatoms. The molecule has 0 radical (unpaired) electrons. The minimum atomic E-state index is -1.06. The van der Waals surface area contributed by atoms with Crippen molar-refractivity contribution >= 4 is 39.4 Å². The predicted octanol–water partition coefficient (Wildman–Crippen LogP) is 2.06. The number of aromatic nitrogens is 1. The number of hydrogen-bond acceptors (Lipinski definition) is 4. The molecule has 0 saturated carbocycles. The van der Waals surface area contributed by atoms with Gasteiger partial charge < -0.3 is 9.88 Å². The maximum atomic E-state index is 13.1. The Bertz CT molecular complexity index is 1260. The van der Waals surface area contributed by atoms with Crippen LogP contribution < -0.4 is 10.1 Å². The first-order valence-corrected chi connectivity index (χ1v) is 10.2. The topological polar surface area (TPSA) is 83.8 Å². The lowest BCUT2D eigenvalue weighted by molar-refractivity contribution is -0.134. The van der Waals surface area contributed by atoms with Crippen LogP contribution in [0.25, 0.3) is 10.2 Å². The summed E-state index contributed by atoms with van der Waals surface area (Å²) in [5, 5.41) is 2.83. The van der Waals surface area contributed by atoms with Crippen molar-refractivity contribution < 1.29 is 14.4 Å². The van der Waals surface area contributed by atoms with Gasteiger partial charge in [0.25, 0.3) is 11.8 Å². The van der Waals surface area contributed by atoms with E-state index in [4.69, 9.17) is 0 Å². The van der Waals surface area contributed by atoms with Crippen LogP contribution in [0.5, 0.6) is 0 Å². The lowest BCUT2D eigenvalue weighted by Crippen LogP contribution is -2.42. The van der Waals surface area contributed by atoms with Crippen LogP contribution in [0, 0.1) is 0 Å². The number of nitrogens with zero attached hydrogens (tertiary/aromatic N) is 3. The van der Waals surface area contributed by atoms with Crippen LogP contribution in [0.2, 0.25) is 0 Å². The summed E-state index contributed by atoms with van der Waals surface area (Å²) in [4.78, 5) is 44.0. The van der Waals surface area contributed by atoms with Crippen molar-refractivity contribution in [1.29, 1.82) is 0 Å². The molecule has 5 rings (SSSR count). The molecule has 1 aromatic heterocycles. The Labute approximate surface area is 170 Å². The Morgan fingerprint density at radius 2 is 1.93 bits per heavy atom. The fourth-order valence-corrected chi connectivity index (χ4v) is 5.23. The molecule has 1 saturated heterocycles. The molecule has 1 aliphatic heterocycles. The Hall–Kier alpha value is -3.26. The van der Waals surface area contributed by atoms with Gasteiger partial charge in [0.05, 0.1) is 10.2 Å². The van der Waals surface area contributed by atoms with Gasteiger partial charge in [0.2, 0.25) is 0 Å². The van der Waals surface area contributed by atoms with Crippen molar-refractivity contribution in [2.45, 2.75) is 18.4 Å². The fourth-order valence-electron chi connectivity index (χ4n) is 4.20. The lowest BCUT2D eigenvalue weighted by Gasteiger charge is -2.21. The van der Waals surface area contributed by atoms with E-state index in [1.807, 2.05) is 60.1 Å². The molecule has 1 aliphatic carbocycles. The smallest absolute Gasteiger partial charge is 0.319 e. The largest absolute Gasteiger partial charge is 0.325 e. The molecule has 2 heterocycles. The van der Waals surface area contributed by atoms with Gasteiger partial charge in [-0.15, -0.1) is 0 Å². The van der Waals surface area contributed by atoms with Crippen molar-refractivity contribution in [1.82, 2.24) is 14.8 Å². The third-order valence-corrected chi connectivity index (χ3v) is 6.76. The second-order valence-corrected chi connectivity index (χ2v) is 8.31. The van der Waals surface area contributed by atoms with E-state index < -0.39 is 17.5 Å². The first-order chi connectivity index (χ1) is 14.0. The van der Waals surface area contributed by atoms with Crippen LogP contribution in [0.15, 0.2) is 53.5 Å². The van der Waals surface area contributed by atoms with E-state index in [1.165, 1.54) is 11.3 Å². The van der Waals surface area contributed by atoms with E-state index in [2.05, 4.69) is 10.3 Å². The highest BCUT2D eigenvalue weighted by atomic mass is 32.1. The summed E-state index contributed by atoms with van der Waals surface area (Å²) in [6.45, 7) is -0.372. The van der Waals surface area contributed by atoms with Crippen molar-refractivity contribution in [3.8, 4) is 0 Å². The van der Waals surface area contributed by atoms with Gasteiger partial charge in [-0.25, -0.2) is 4.79 Å². The average molecular weight is 406 g/mol. The highest BCUT2D eigenvalue weighted by Gasteiger charge is 2.55. The summed E-state index contributed by atoms with van der Waals surface area (Å²) in [7, 11) is 1.84. The van der Waals surface area contributed by atoms with Crippen LogP contribution in [-0.4, -0.2) is 33.9 Å². The quantitative estimate of drug-likeness (QED) is 0.661. The second-order valence-electron chi connectivity index (χ2n) is 7.30. The van der Waals surface area contributed by atoms with Gasteiger partial charge in [0, 0.05) is 7.05 Å². The normalized spacial score (nSPS) is 21.3. The van der Waals surface area contributed by atoms with Gasteiger partial charge >= 0.3 is 6.03 Å². The predicted molar refractivity (Wildman–Crippen MR) is 108 cm³/mol. The van der Waals surface area contributed by atoms with E-state index in [0.717, 1.165) is 26.2 Å². The monoisotopic (exact) mass is 406 g/mol. The Morgan fingerprint density at radius 3 is 2.76 bits per heavy atom. The zero-order chi connectivity index (χ0) is 20.2. The molecule has 1 spiro atoms. The second kappa shape index (κ2) is 6.38. The number of para-hydroxylation sites is 1. The number of carbonyl (C=O) groups excluding carboxylic acids is 3. The van der Waals surface area contributed by atoms with Crippen LogP contribution in [0.3, 0.4) is 0 Å². The van der Waals surface area contributed by atoms with Crippen LogP contribution >= 0.6 is 11.3 Å². The van der Waals surface area contributed by atoms with Crippen LogP contribution in [-0.2, 0) is 28.6 Å². The number of benzene rings is 2. The van der Waals surface area contributed by atoms with Gasteiger partial charge in [0.1, 0.15) is 12.1 Å². The number of nitrogens with one attached hydrogen (secondary N) is 1. The first kappa shape index (κ1) is 17.8. The molecule has 1 atom stereocenters. The summed E-state index contributed by atoms with van der Waals surface area (Å²) in [5.41, 5.74) is 1.79. The van der Waals surface area contributed by atoms with Gasteiger partial charge in [-0.2, -0.15) is 4.99 Å². The molecule has 0 bridgehead atoms. The highest BCUT2D eigenvalue weighted by Crippen LogP contribution is 2.41. The van der Waals surface area contributed by atoms with E-state index in [9.17, 15) is 14.4 Å². The number of hydrogen-bond donors (Lipinski definition) is 1. The molecule has 2 aliphatic rings. The maximum absolute atomic E-state index is 13.1. The standard InChI is InChI=1S/C21H18N4O3S/c1-24-15-8-4-5-9-16(15)29-20(24)22-17(26)12-25-18(27)21(23-19(25)28)11-10-13-6-2-3-7-14(13)21/h2-9H,10-12H2,1H3,(H,23,28). The van der Waals surface area contributed by atoms with Crippen molar-refractivity contribution in [2.24, 2.45) is 12.0 Å². The number of rotatable bonds is 2. The number of aryl methyl sites for hydroxylation is 2. The maximum Gasteiger partial charge on any atom is 0.325 e. The molecule has 1 N–H and O–H groups in total. The van der Waals surface area contributed by atoms with Gasteiger partial charge in [0.15, 0.2) is 4.80 Å². The summed E-state index contributed by atoms with van der Waals surface area (Å²) in [6, 6.07) is 14.8. The molecular formula is C21H18N4O3S. The van der Waals surface area contributed by atoms with Gasteiger partial charge in [-0.05, 0) is 36.1 Å². The molecule has 4 amide bonds. The minimum Gasteiger partial charge on any atom is -0.319 e. The summed E-state index contributed by atoms with van der Waals surface area (Å²) in [5.74, 6) is -0.907. The molecule has 146 valence electrons. The molecular weight excluding hydrogens is 388 g/mol. The highest BCUT2D eigenvalue weighted by molar-refractivity contribution is 7.16.